The molecule has 4 aliphatic carbocycles. The van der Waals surface area contributed by atoms with Gasteiger partial charge in [0, 0.05) is 24.2 Å². The number of Topliss-reactive ketones (excluding diaryl/α,β-unsaturated/α-hetero) is 1. The Bertz CT molecular complexity index is 598. The Morgan fingerprint density at radius 1 is 1.08 bits per heavy atom. The molecule has 0 saturated heterocycles. The van der Waals surface area contributed by atoms with Gasteiger partial charge in [0.2, 0.25) is 0 Å². The van der Waals surface area contributed by atoms with E-state index in [1.165, 1.54) is 32.1 Å². The molecule has 4 fully saturated rings. The van der Waals surface area contributed by atoms with E-state index in [-0.39, 0.29) is 23.4 Å². The van der Waals surface area contributed by atoms with Crippen molar-refractivity contribution in [1.82, 2.24) is 0 Å². The minimum absolute atomic E-state index is 0.0331. The minimum Gasteiger partial charge on any atom is -0.462 e. The predicted octanol–water partition coefficient (Wildman–Crippen LogP) is 5.17. The number of hydrogen-bond donors (Lipinski definition) is 0. The van der Waals surface area contributed by atoms with Crippen molar-refractivity contribution >= 4 is 11.8 Å². The number of esters is 1. The molecule has 0 heterocycles. The highest BCUT2D eigenvalue weighted by atomic mass is 16.5. The van der Waals surface area contributed by atoms with Crippen LogP contribution in [0.3, 0.4) is 0 Å². The van der Waals surface area contributed by atoms with Gasteiger partial charge in [-0.15, -0.1) is 0 Å². The Morgan fingerprint density at radius 2 is 1.81 bits per heavy atom. The van der Waals surface area contributed by atoms with Crippen LogP contribution in [0.4, 0.5) is 0 Å². The maximum absolute atomic E-state index is 12.3. The number of carbonyl (C=O) groups is 2. The van der Waals surface area contributed by atoms with Gasteiger partial charge in [-0.2, -0.15) is 0 Å². The Balaban J connectivity index is 1.57. The summed E-state index contributed by atoms with van der Waals surface area (Å²) in [6.45, 7) is 8.94. The molecule has 0 N–H and O–H groups in total. The first-order valence-electron chi connectivity index (χ1n) is 11.0. The Morgan fingerprint density at radius 3 is 2.54 bits per heavy atom. The van der Waals surface area contributed by atoms with Gasteiger partial charge in [0.05, 0.1) is 0 Å². The summed E-state index contributed by atoms with van der Waals surface area (Å²) < 4.78 is 5.89. The van der Waals surface area contributed by atoms with Gasteiger partial charge in [0.1, 0.15) is 11.9 Å². The normalized spacial score (nSPS) is 50.5. The van der Waals surface area contributed by atoms with Crippen molar-refractivity contribution in [2.45, 2.75) is 91.6 Å². The van der Waals surface area contributed by atoms with Crippen LogP contribution in [0.25, 0.3) is 0 Å². The molecule has 0 aromatic heterocycles. The molecule has 3 nitrogen and oxygen atoms in total. The third-order valence-electron chi connectivity index (χ3n) is 9.28. The molecule has 146 valence electrons. The maximum Gasteiger partial charge on any atom is 0.305 e. The van der Waals surface area contributed by atoms with E-state index in [0.717, 1.165) is 31.1 Å². The van der Waals surface area contributed by atoms with Crippen LogP contribution in [0.5, 0.6) is 0 Å². The summed E-state index contributed by atoms with van der Waals surface area (Å²) in [5, 5.41) is 0. The zero-order valence-electron chi connectivity index (χ0n) is 17.1. The number of rotatable bonds is 2. The van der Waals surface area contributed by atoms with E-state index in [1.807, 2.05) is 6.92 Å². The molecule has 26 heavy (non-hydrogen) atoms. The Labute approximate surface area is 158 Å². The van der Waals surface area contributed by atoms with Gasteiger partial charge in [-0.1, -0.05) is 27.7 Å². The summed E-state index contributed by atoms with van der Waals surface area (Å²) >= 11 is 0. The second kappa shape index (κ2) is 6.34. The van der Waals surface area contributed by atoms with E-state index in [9.17, 15) is 9.59 Å². The van der Waals surface area contributed by atoms with Crippen molar-refractivity contribution in [1.29, 1.82) is 0 Å². The summed E-state index contributed by atoms with van der Waals surface area (Å²) in [5.74, 6) is 3.53. The number of hydrogen-bond acceptors (Lipinski definition) is 3. The SMILES string of the molecule is CCC(=O)O[C@H]1CC[C@H]2[C@@H]3CC[C@H]4CC(=O)[C@H](C)C[C@]4(C)C3CC[C@]12C. The molecule has 0 spiro atoms. The standard InChI is InChI=1S/C23H36O3/c1-5-21(25)26-20-9-8-17-16-7-6-15-12-19(24)14(2)13-23(15,4)18(16)10-11-22(17,20)3/h14-18,20H,5-13H2,1-4H3/t14-,15+,16+,17+,18?,20+,22+,23+/m1/s1. The van der Waals surface area contributed by atoms with E-state index >= 15 is 0 Å². The quantitative estimate of drug-likeness (QED) is 0.638. The lowest BCUT2D eigenvalue weighted by atomic mass is 9.44. The van der Waals surface area contributed by atoms with E-state index in [2.05, 4.69) is 20.8 Å². The third kappa shape index (κ3) is 2.59. The van der Waals surface area contributed by atoms with Gasteiger partial charge in [-0.3, -0.25) is 9.59 Å². The van der Waals surface area contributed by atoms with Crippen LogP contribution in [0.2, 0.25) is 0 Å². The molecule has 0 aromatic rings. The lowest BCUT2D eigenvalue weighted by Gasteiger charge is -2.60. The molecule has 4 aliphatic rings. The highest BCUT2D eigenvalue weighted by Gasteiger charge is 2.61. The first-order chi connectivity index (χ1) is 12.3. The molecular formula is C23H36O3. The van der Waals surface area contributed by atoms with Crippen LogP contribution >= 0.6 is 0 Å². The molecule has 4 saturated carbocycles. The second-order valence-corrected chi connectivity index (χ2v) is 10.4. The highest BCUT2D eigenvalue weighted by Crippen LogP contribution is 2.66. The average molecular weight is 361 g/mol. The van der Waals surface area contributed by atoms with Gasteiger partial charge in [0.25, 0.3) is 0 Å². The number of fused-ring (bicyclic) bond motifs is 5. The van der Waals surface area contributed by atoms with Crippen molar-refractivity contribution in [3.05, 3.63) is 0 Å². The Hall–Kier alpha value is -0.860. The molecule has 0 amide bonds. The van der Waals surface area contributed by atoms with Gasteiger partial charge in [0.15, 0.2) is 0 Å². The van der Waals surface area contributed by atoms with Crippen LogP contribution in [0, 0.1) is 40.4 Å². The summed E-state index contributed by atoms with van der Waals surface area (Å²) in [6, 6.07) is 0. The van der Waals surface area contributed by atoms with E-state index in [0.29, 0.717) is 29.5 Å². The highest BCUT2D eigenvalue weighted by molar-refractivity contribution is 5.82. The van der Waals surface area contributed by atoms with Crippen LogP contribution in [0.1, 0.15) is 85.5 Å². The number of ketones is 1. The number of carbonyl (C=O) groups excluding carboxylic acids is 2. The van der Waals surface area contributed by atoms with E-state index in [4.69, 9.17) is 4.74 Å². The fourth-order valence-corrected chi connectivity index (χ4v) is 7.79. The molecule has 0 radical (unpaired) electrons. The zero-order chi connectivity index (χ0) is 18.7. The smallest absolute Gasteiger partial charge is 0.305 e. The zero-order valence-corrected chi connectivity index (χ0v) is 17.1. The Kier molecular flexibility index (Phi) is 4.51. The molecule has 3 heteroatoms. The van der Waals surface area contributed by atoms with Crippen LogP contribution in [0.15, 0.2) is 0 Å². The summed E-state index contributed by atoms with van der Waals surface area (Å²) in [4.78, 5) is 24.2. The van der Waals surface area contributed by atoms with Crippen molar-refractivity contribution in [3.8, 4) is 0 Å². The summed E-state index contributed by atoms with van der Waals surface area (Å²) in [7, 11) is 0. The minimum atomic E-state index is -0.0331. The fourth-order valence-electron chi connectivity index (χ4n) is 7.79. The molecule has 4 rings (SSSR count). The van der Waals surface area contributed by atoms with Crippen LogP contribution < -0.4 is 0 Å². The fraction of sp³-hybridized carbons (Fsp3) is 0.913. The van der Waals surface area contributed by atoms with Crippen molar-refractivity contribution in [2.24, 2.45) is 40.4 Å². The summed E-state index contributed by atoms with van der Waals surface area (Å²) in [5.41, 5.74) is 0.515. The molecule has 8 atom stereocenters. The molecular weight excluding hydrogens is 324 g/mol. The second-order valence-electron chi connectivity index (χ2n) is 10.4. The largest absolute Gasteiger partial charge is 0.462 e. The van der Waals surface area contributed by atoms with Gasteiger partial charge in [-0.05, 0) is 74.0 Å². The van der Waals surface area contributed by atoms with Crippen LogP contribution in [-0.4, -0.2) is 17.9 Å². The van der Waals surface area contributed by atoms with Crippen molar-refractivity contribution in [2.75, 3.05) is 0 Å². The first-order valence-corrected chi connectivity index (χ1v) is 11.0. The average Bonchev–Trinajstić information content (AvgIpc) is 2.93. The number of ether oxygens (including phenoxy) is 1. The molecule has 0 bridgehead atoms. The first kappa shape index (κ1) is 18.5. The monoisotopic (exact) mass is 360 g/mol. The molecule has 0 aromatic carbocycles. The lowest BCUT2D eigenvalue weighted by Crippen LogP contribution is -2.55. The van der Waals surface area contributed by atoms with Crippen molar-refractivity contribution in [3.63, 3.8) is 0 Å². The van der Waals surface area contributed by atoms with Gasteiger partial charge >= 0.3 is 5.97 Å². The van der Waals surface area contributed by atoms with E-state index < -0.39 is 0 Å². The maximum atomic E-state index is 12.3. The molecule has 1 unspecified atom stereocenters. The lowest BCUT2D eigenvalue weighted by molar-refractivity contribution is -0.165. The van der Waals surface area contributed by atoms with E-state index in [1.54, 1.807) is 0 Å². The molecule has 0 aliphatic heterocycles. The van der Waals surface area contributed by atoms with Crippen molar-refractivity contribution < 1.29 is 14.3 Å². The topological polar surface area (TPSA) is 43.4 Å². The van der Waals surface area contributed by atoms with Crippen LogP contribution in [-0.2, 0) is 14.3 Å². The third-order valence-corrected chi connectivity index (χ3v) is 9.28. The predicted molar refractivity (Wildman–Crippen MR) is 101 cm³/mol. The summed E-state index contributed by atoms with van der Waals surface area (Å²) in [6.07, 6.45) is 9.72. The van der Waals surface area contributed by atoms with Gasteiger partial charge in [-0.25, -0.2) is 0 Å². The van der Waals surface area contributed by atoms with Gasteiger partial charge < -0.3 is 4.74 Å².